The number of carbonyl (C=O) groups excluding carboxylic acids is 1. The third-order valence-corrected chi connectivity index (χ3v) is 8.47. The molecule has 0 saturated heterocycles. The summed E-state index contributed by atoms with van der Waals surface area (Å²) in [6.07, 6.45) is 2.96. The number of urea groups is 1. The fraction of sp³-hybridized carbons (Fsp3) is 0.516. The van der Waals surface area contributed by atoms with Gasteiger partial charge in [0.05, 0.1) is 76.2 Å². The number of nitrogens with one attached hydrogen (secondary N) is 1. The summed E-state index contributed by atoms with van der Waals surface area (Å²) in [5.41, 5.74) is 5.53. The third-order valence-electron chi connectivity index (χ3n) is 7.04. The Labute approximate surface area is 251 Å². The van der Waals surface area contributed by atoms with Crippen LogP contribution in [0.25, 0.3) is 5.57 Å². The molecule has 4 rings (SSSR count). The summed E-state index contributed by atoms with van der Waals surface area (Å²) < 4.78 is 41.4. The summed E-state index contributed by atoms with van der Waals surface area (Å²) in [5.74, 6) is 0.464. The highest BCUT2D eigenvalue weighted by Crippen LogP contribution is 2.26. The number of hydrogen-bond donors (Lipinski definition) is 1. The van der Waals surface area contributed by atoms with Crippen molar-refractivity contribution in [3.8, 4) is 0 Å². The molecular formula is C31H43N3O7S. The Balaban J connectivity index is 1.05. The minimum atomic E-state index is -1.09. The van der Waals surface area contributed by atoms with Crippen LogP contribution >= 0.6 is 0 Å². The summed E-state index contributed by atoms with van der Waals surface area (Å²) in [7, 11) is 0.553. The van der Waals surface area contributed by atoms with Gasteiger partial charge in [-0.15, -0.1) is 0 Å². The Morgan fingerprint density at radius 3 is 1.93 bits per heavy atom. The van der Waals surface area contributed by atoms with Gasteiger partial charge in [0, 0.05) is 39.0 Å². The number of nitrogens with zero attached hydrogens (tertiary/aromatic N) is 2. The highest BCUT2D eigenvalue weighted by Gasteiger charge is 2.23. The molecule has 2 aromatic carbocycles. The lowest BCUT2D eigenvalue weighted by atomic mass is 10.0. The zero-order chi connectivity index (χ0) is 29.4. The fourth-order valence-corrected chi connectivity index (χ4v) is 5.76. The van der Waals surface area contributed by atoms with Gasteiger partial charge in [-0.1, -0.05) is 42.5 Å². The van der Waals surface area contributed by atoms with Crippen LogP contribution in [0.2, 0.25) is 0 Å². The molecule has 0 radical (unpaired) electrons. The first-order valence-electron chi connectivity index (χ1n) is 14.5. The summed E-state index contributed by atoms with van der Waals surface area (Å²) in [6, 6.07) is 16.0. The standard InChI is InChI=1S/C31H43N3O7S/c1-37-14-15-38-16-17-39-18-19-40-20-21-41-22-23-42(36)34-12-10-27(11-13-34)26-6-8-30(9-7-26)32-31(35)33-24-28-4-2-3-5-29(28)25-33/h2-10H,11-25H2,1H3,(H,32,35). The van der Waals surface area contributed by atoms with Crippen LogP contribution in [0.3, 0.4) is 0 Å². The zero-order valence-corrected chi connectivity index (χ0v) is 25.3. The van der Waals surface area contributed by atoms with E-state index in [4.69, 9.17) is 23.7 Å². The van der Waals surface area contributed by atoms with Crippen LogP contribution in [0.15, 0.2) is 54.6 Å². The van der Waals surface area contributed by atoms with Crippen LogP contribution in [0.4, 0.5) is 10.5 Å². The van der Waals surface area contributed by atoms with Crippen molar-refractivity contribution in [3.63, 3.8) is 0 Å². The van der Waals surface area contributed by atoms with Gasteiger partial charge >= 0.3 is 6.03 Å². The normalized spacial score (nSPS) is 15.8. The molecule has 230 valence electrons. The predicted octanol–water partition coefficient (Wildman–Crippen LogP) is 3.70. The van der Waals surface area contributed by atoms with Crippen molar-refractivity contribution in [3.05, 3.63) is 71.3 Å². The molecule has 10 nitrogen and oxygen atoms in total. The van der Waals surface area contributed by atoms with E-state index >= 15 is 0 Å². The number of carbonyl (C=O) groups is 1. The molecule has 2 heterocycles. The van der Waals surface area contributed by atoms with Crippen LogP contribution in [-0.4, -0.2) is 105 Å². The number of rotatable bonds is 18. The fourth-order valence-electron chi connectivity index (χ4n) is 4.71. The maximum absolute atomic E-state index is 12.7. The van der Waals surface area contributed by atoms with Crippen molar-refractivity contribution in [1.82, 2.24) is 9.21 Å². The number of amides is 2. The Hall–Kier alpha value is -2.64. The molecule has 0 aliphatic carbocycles. The second-order valence-corrected chi connectivity index (χ2v) is 11.5. The lowest BCUT2D eigenvalue weighted by molar-refractivity contribution is -0.00665. The van der Waals surface area contributed by atoms with Crippen LogP contribution in [-0.2, 0) is 47.8 Å². The van der Waals surface area contributed by atoms with E-state index in [1.807, 2.05) is 45.6 Å². The maximum atomic E-state index is 12.7. The molecule has 0 aromatic heterocycles. The predicted molar refractivity (Wildman–Crippen MR) is 163 cm³/mol. The van der Waals surface area contributed by atoms with Gasteiger partial charge in [-0.3, -0.25) is 0 Å². The lowest BCUT2D eigenvalue weighted by Crippen LogP contribution is -2.33. The number of hydrogen-bond acceptors (Lipinski definition) is 7. The van der Waals surface area contributed by atoms with Gasteiger partial charge < -0.3 is 33.9 Å². The number of ether oxygens (including phenoxy) is 5. The number of benzene rings is 2. The quantitative estimate of drug-likeness (QED) is 0.260. The first-order valence-corrected chi connectivity index (χ1v) is 15.8. The van der Waals surface area contributed by atoms with Gasteiger partial charge in [0.15, 0.2) is 0 Å². The number of methoxy groups -OCH3 is 1. The molecule has 11 heteroatoms. The highest BCUT2D eigenvalue weighted by atomic mass is 32.2. The molecule has 1 unspecified atom stereocenters. The average Bonchev–Trinajstić information content (AvgIpc) is 3.46. The van der Waals surface area contributed by atoms with Gasteiger partial charge in [0.1, 0.15) is 0 Å². The third kappa shape index (κ3) is 10.6. The first kappa shape index (κ1) is 32.3. The second-order valence-electron chi connectivity index (χ2n) is 9.97. The van der Waals surface area contributed by atoms with E-state index in [1.54, 1.807) is 7.11 Å². The molecule has 0 spiro atoms. The van der Waals surface area contributed by atoms with E-state index in [-0.39, 0.29) is 6.03 Å². The molecule has 1 atom stereocenters. The number of anilines is 1. The van der Waals surface area contributed by atoms with Crippen LogP contribution in [0, 0.1) is 0 Å². The van der Waals surface area contributed by atoms with E-state index in [9.17, 15) is 9.00 Å². The maximum Gasteiger partial charge on any atom is 0.322 e. The highest BCUT2D eigenvalue weighted by molar-refractivity contribution is 7.82. The topological polar surface area (TPSA) is 98.8 Å². The Morgan fingerprint density at radius 2 is 1.38 bits per heavy atom. The summed E-state index contributed by atoms with van der Waals surface area (Å²) in [5, 5.41) is 3.01. The largest absolute Gasteiger partial charge is 0.382 e. The van der Waals surface area contributed by atoms with E-state index in [2.05, 4.69) is 23.5 Å². The molecule has 42 heavy (non-hydrogen) atoms. The minimum absolute atomic E-state index is 0.0911. The molecule has 0 fully saturated rings. The Bertz CT molecular complexity index is 1140. The molecule has 0 bridgehead atoms. The van der Waals surface area contributed by atoms with E-state index in [1.165, 1.54) is 16.7 Å². The van der Waals surface area contributed by atoms with Crippen LogP contribution in [0.5, 0.6) is 0 Å². The molecular weight excluding hydrogens is 558 g/mol. The van der Waals surface area contributed by atoms with Crippen LogP contribution < -0.4 is 5.32 Å². The molecule has 0 saturated carbocycles. The van der Waals surface area contributed by atoms with Gasteiger partial charge in [0.25, 0.3) is 0 Å². The zero-order valence-electron chi connectivity index (χ0n) is 24.5. The smallest absolute Gasteiger partial charge is 0.322 e. The van der Waals surface area contributed by atoms with Gasteiger partial charge in [-0.2, -0.15) is 0 Å². The molecule has 2 aromatic rings. The van der Waals surface area contributed by atoms with E-state index in [0.29, 0.717) is 84.8 Å². The van der Waals surface area contributed by atoms with Crippen molar-refractivity contribution >= 4 is 28.3 Å². The summed E-state index contributed by atoms with van der Waals surface area (Å²) >= 11 is 0. The minimum Gasteiger partial charge on any atom is -0.382 e. The van der Waals surface area contributed by atoms with Crippen molar-refractivity contribution in [2.24, 2.45) is 0 Å². The first-order chi connectivity index (χ1) is 20.6. The van der Waals surface area contributed by atoms with Crippen LogP contribution in [0.1, 0.15) is 23.1 Å². The van der Waals surface area contributed by atoms with Crippen molar-refractivity contribution in [2.75, 3.05) is 90.7 Å². The molecule has 1 N–H and O–H groups in total. The Morgan fingerprint density at radius 1 is 0.810 bits per heavy atom. The molecule has 2 amide bonds. The SMILES string of the molecule is COCCOCCOCCOCCOCCS(=O)N1CC=C(c2ccc(NC(=O)N3Cc4ccccc4C3)cc2)CC1. The number of fused-ring (bicyclic) bond motifs is 1. The molecule has 2 aliphatic rings. The average molecular weight is 602 g/mol. The van der Waals surface area contributed by atoms with E-state index in [0.717, 1.165) is 24.2 Å². The summed E-state index contributed by atoms with van der Waals surface area (Å²) in [6.45, 7) is 7.24. The van der Waals surface area contributed by atoms with Gasteiger partial charge in [0.2, 0.25) is 0 Å². The van der Waals surface area contributed by atoms with Crippen molar-refractivity contribution < 1.29 is 32.7 Å². The van der Waals surface area contributed by atoms with Crippen molar-refractivity contribution in [1.29, 1.82) is 0 Å². The summed E-state index contributed by atoms with van der Waals surface area (Å²) in [4.78, 5) is 14.5. The second kappa shape index (κ2) is 18.1. The molecule has 2 aliphatic heterocycles. The Kier molecular flexibility index (Phi) is 13.9. The monoisotopic (exact) mass is 601 g/mol. The van der Waals surface area contributed by atoms with Crippen molar-refractivity contribution in [2.45, 2.75) is 19.5 Å². The van der Waals surface area contributed by atoms with Gasteiger partial charge in [-0.05, 0) is 40.8 Å². The lowest BCUT2D eigenvalue weighted by Gasteiger charge is -2.25. The van der Waals surface area contributed by atoms with E-state index < -0.39 is 11.0 Å². The van der Waals surface area contributed by atoms with Gasteiger partial charge in [-0.25, -0.2) is 13.3 Å².